The third-order valence-corrected chi connectivity index (χ3v) is 4.61. The SMILES string of the molecule is CN(C)CCC1CCN(CC(=O)NCC2CCCO2)CC1. The molecular weight excluding hydrogens is 266 g/mol. The van der Waals surface area contributed by atoms with Crippen LogP contribution in [0.25, 0.3) is 0 Å². The number of piperidine rings is 1. The summed E-state index contributed by atoms with van der Waals surface area (Å²) >= 11 is 0. The molecule has 2 heterocycles. The van der Waals surface area contributed by atoms with Crippen molar-refractivity contribution in [2.45, 2.75) is 38.2 Å². The van der Waals surface area contributed by atoms with E-state index >= 15 is 0 Å². The molecule has 0 bridgehead atoms. The molecule has 0 spiro atoms. The van der Waals surface area contributed by atoms with E-state index in [9.17, 15) is 4.79 Å². The molecule has 2 aliphatic rings. The van der Waals surface area contributed by atoms with Gasteiger partial charge in [-0.3, -0.25) is 9.69 Å². The standard InChI is InChI=1S/C16H31N3O2/c1-18(2)8-5-14-6-9-19(10-7-14)13-16(20)17-12-15-4-3-11-21-15/h14-15H,3-13H2,1-2H3,(H,17,20). The number of amides is 1. The Labute approximate surface area is 129 Å². The number of nitrogens with one attached hydrogen (secondary N) is 1. The minimum atomic E-state index is 0.150. The molecule has 5 heteroatoms. The van der Waals surface area contributed by atoms with E-state index in [0.717, 1.165) is 38.5 Å². The molecule has 0 radical (unpaired) electrons. The van der Waals surface area contributed by atoms with Crippen molar-refractivity contribution in [2.24, 2.45) is 5.92 Å². The third kappa shape index (κ3) is 6.32. The monoisotopic (exact) mass is 297 g/mol. The van der Waals surface area contributed by atoms with Crippen molar-refractivity contribution in [3.63, 3.8) is 0 Å². The van der Waals surface area contributed by atoms with Crippen LogP contribution in [-0.2, 0) is 9.53 Å². The largest absolute Gasteiger partial charge is 0.376 e. The topological polar surface area (TPSA) is 44.8 Å². The van der Waals surface area contributed by atoms with Crippen molar-refractivity contribution in [3.05, 3.63) is 0 Å². The zero-order chi connectivity index (χ0) is 15.1. The number of carbonyl (C=O) groups excluding carboxylic acids is 1. The quantitative estimate of drug-likeness (QED) is 0.760. The molecule has 2 aliphatic heterocycles. The number of likely N-dealkylation sites (tertiary alicyclic amines) is 1. The van der Waals surface area contributed by atoms with Crippen LogP contribution >= 0.6 is 0 Å². The fourth-order valence-corrected chi connectivity index (χ4v) is 3.17. The van der Waals surface area contributed by atoms with Gasteiger partial charge >= 0.3 is 0 Å². The second-order valence-electron chi connectivity index (χ2n) is 6.75. The van der Waals surface area contributed by atoms with Gasteiger partial charge in [0, 0.05) is 13.2 Å². The van der Waals surface area contributed by atoms with Crippen LogP contribution in [-0.4, -0.2) is 75.2 Å². The van der Waals surface area contributed by atoms with E-state index in [2.05, 4.69) is 29.2 Å². The fourth-order valence-electron chi connectivity index (χ4n) is 3.17. The molecule has 0 aromatic carbocycles. The number of nitrogens with zero attached hydrogens (tertiary/aromatic N) is 2. The van der Waals surface area contributed by atoms with Gasteiger partial charge in [-0.1, -0.05) is 0 Å². The van der Waals surface area contributed by atoms with Gasteiger partial charge in [-0.25, -0.2) is 0 Å². The van der Waals surface area contributed by atoms with Crippen molar-refractivity contribution in [3.8, 4) is 0 Å². The summed E-state index contributed by atoms with van der Waals surface area (Å²) in [5, 5.41) is 3.01. The summed E-state index contributed by atoms with van der Waals surface area (Å²) in [5.74, 6) is 0.982. The summed E-state index contributed by atoms with van der Waals surface area (Å²) < 4.78 is 5.52. The normalized spacial score (nSPS) is 24.6. The van der Waals surface area contributed by atoms with Gasteiger partial charge in [-0.2, -0.15) is 0 Å². The van der Waals surface area contributed by atoms with Gasteiger partial charge < -0.3 is 15.0 Å². The van der Waals surface area contributed by atoms with E-state index < -0.39 is 0 Å². The van der Waals surface area contributed by atoms with Crippen LogP contribution in [0.15, 0.2) is 0 Å². The van der Waals surface area contributed by atoms with Crippen LogP contribution in [0.4, 0.5) is 0 Å². The van der Waals surface area contributed by atoms with Crippen LogP contribution < -0.4 is 5.32 Å². The molecule has 0 aromatic rings. The van der Waals surface area contributed by atoms with Gasteiger partial charge in [0.1, 0.15) is 0 Å². The Morgan fingerprint density at radius 2 is 2.05 bits per heavy atom. The van der Waals surface area contributed by atoms with Gasteiger partial charge in [-0.15, -0.1) is 0 Å². The summed E-state index contributed by atoms with van der Waals surface area (Å²) in [6.45, 7) is 5.37. The average Bonchev–Trinajstić information content (AvgIpc) is 2.98. The van der Waals surface area contributed by atoms with Crippen molar-refractivity contribution < 1.29 is 9.53 Å². The van der Waals surface area contributed by atoms with E-state index in [1.165, 1.54) is 25.8 Å². The highest BCUT2D eigenvalue weighted by Crippen LogP contribution is 2.20. The fraction of sp³-hybridized carbons (Fsp3) is 0.938. The maximum atomic E-state index is 11.9. The van der Waals surface area contributed by atoms with Crippen molar-refractivity contribution >= 4 is 5.91 Å². The smallest absolute Gasteiger partial charge is 0.234 e. The highest BCUT2D eigenvalue weighted by Gasteiger charge is 2.21. The highest BCUT2D eigenvalue weighted by atomic mass is 16.5. The molecule has 2 saturated heterocycles. The zero-order valence-electron chi connectivity index (χ0n) is 13.6. The number of ether oxygens (including phenoxy) is 1. The minimum absolute atomic E-state index is 0.150. The molecule has 122 valence electrons. The molecular formula is C16H31N3O2. The Morgan fingerprint density at radius 1 is 1.29 bits per heavy atom. The predicted octanol–water partition coefficient (Wildman–Crippen LogP) is 0.945. The Morgan fingerprint density at radius 3 is 2.67 bits per heavy atom. The lowest BCUT2D eigenvalue weighted by atomic mass is 9.93. The lowest BCUT2D eigenvalue weighted by Gasteiger charge is -2.32. The van der Waals surface area contributed by atoms with Gasteiger partial charge in [-0.05, 0) is 71.8 Å². The Balaban J connectivity index is 1.56. The number of carbonyl (C=O) groups is 1. The van der Waals surface area contributed by atoms with Gasteiger partial charge in [0.15, 0.2) is 0 Å². The first kappa shape index (κ1) is 16.7. The van der Waals surface area contributed by atoms with Crippen LogP contribution in [0.2, 0.25) is 0 Å². The van der Waals surface area contributed by atoms with Crippen molar-refractivity contribution in [1.82, 2.24) is 15.1 Å². The maximum absolute atomic E-state index is 11.9. The highest BCUT2D eigenvalue weighted by molar-refractivity contribution is 5.78. The van der Waals surface area contributed by atoms with Crippen molar-refractivity contribution in [1.29, 1.82) is 0 Å². The summed E-state index contributed by atoms with van der Waals surface area (Å²) in [6, 6.07) is 0. The second-order valence-corrected chi connectivity index (χ2v) is 6.75. The van der Waals surface area contributed by atoms with Crippen LogP contribution in [0.1, 0.15) is 32.1 Å². The first-order valence-corrected chi connectivity index (χ1v) is 8.39. The van der Waals surface area contributed by atoms with Crippen LogP contribution in [0.5, 0.6) is 0 Å². The average molecular weight is 297 g/mol. The maximum Gasteiger partial charge on any atom is 0.234 e. The molecule has 0 aromatic heterocycles. The molecule has 1 N–H and O–H groups in total. The summed E-state index contributed by atoms with van der Waals surface area (Å²) in [7, 11) is 4.26. The lowest BCUT2D eigenvalue weighted by Crippen LogP contribution is -2.43. The minimum Gasteiger partial charge on any atom is -0.376 e. The van der Waals surface area contributed by atoms with E-state index in [4.69, 9.17) is 4.74 Å². The lowest BCUT2D eigenvalue weighted by molar-refractivity contribution is -0.123. The molecule has 1 amide bonds. The molecule has 2 fully saturated rings. The van der Waals surface area contributed by atoms with Crippen LogP contribution in [0, 0.1) is 5.92 Å². The molecule has 2 rings (SSSR count). The summed E-state index contributed by atoms with van der Waals surface area (Å²) in [5.41, 5.74) is 0. The van der Waals surface area contributed by atoms with Gasteiger partial charge in [0.25, 0.3) is 0 Å². The van der Waals surface area contributed by atoms with Gasteiger partial charge in [0.05, 0.1) is 12.6 Å². The molecule has 0 saturated carbocycles. The van der Waals surface area contributed by atoms with E-state index in [1.807, 2.05) is 0 Å². The molecule has 5 nitrogen and oxygen atoms in total. The van der Waals surface area contributed by atoms with Crippen LogP contribution in [0.3, 0.4) is 0 Å². The van der Waals surface area contributed by atoms with E-state index in [0.29, 0.717) is 13.1 Å². The van der Waals surface area contributed by atoms with Crippen molar-refractivity contribution in [2.75, 3.05) is 53.4 Å². The van der Waals surface area contributed by atoms with E-state index in [-0.39, 0.29) is 12.0 Å². The predicted molar refractivity (Wildman–Crippen MR) is 84.3 cm³/mol. The first-order chi connectivity index (χ1) is 10.1. The molecule has 21 heavy (non-hydrogen) atoms. The number of hydrogen-bond donors (Lipinski definition) is 1. The summed E-state index contributed by atoms with van der Waals surface area (Å²) in [6.07, 6.45) is 6.19. The number of rotatable bonds is 7. The number of hydrogen-bond acceptors (Lipinski definition) is 4. The molecule has 0 aliphatic carbocycles. The van der Waals surface area contributed by atoms with E-state index in [1.54, 1.807) is 0 Å². The summed E-state index contributed by atoms with van der Waals surface area (Å²) in [4.78, 5) is 16.5. The zero-order valence-corrected chi connectivity index (χ0v) is 13.6. The van der Waals surface area contributed by atoms with Gasteiger partial charge in [0.2, 0.25) is 5.91 Å². The molecule has 1 unspecified atom stereocenters. The Bertz CT molecular complexity index is 309. The third-order valence-electron chi connectivity index (χ3n) is 4.61. The second kappa shape index (κ2) is 8.71. The Kier molecular flexibility index (Phi) is 6.93. The molecule has 1 atom stereocenters. The first-order valence-electron chi connectivity index (χ1n) is 8.39. The Hall–Kier alpha value is -0.650.